The second-order valence-corrected chi connectivity index (χ2v) is 11.4. The van der Waals surface area contributed by atoms with E-state index in [1.54, 1.807) is 29.2 Å². The lowest BCUT2D eigenvalue weighted by molar-refractivity contribution is 0.0917. The van der Waals surface area contributed by atoms with Crippen molar-refractivity contribution in [3.05, 3.63) is 130 Å². The van der Waals surface area contributed by atoms with Crippen LogP contribution in [0.15, 0.2) is 91.1 Å². The molecule has 4 heterocycles. The largest absolute Gasteiger partial charge is 0.481 e. The minimum atomic E-state index is -0.352. The molecule has 9 heteroatoms. The van der Waals surface area contributed by atoms with Crippen LogP contribution < -0.4 is 10.1 Å². The van der Waals surface area contributed by atoms with E-state index < -0.39 is 0 Å². The number of amides is 2. The molecule has 2 amide bonds. The summed E-state index contributed by atoms with van der Waals surface area (Å²) < 4.78 is 10.4. The molecule has 45 heavy (non-hydrogen) atoms. The Kier molecular flexibility index (Phi) is 11.4. The molecule has 0 atom stereocenters. The predicted octanol–water partition coefficient (Wildman–Crippen LogP) is 6.52. The maximum atomic E-state index is 12.2. The van der Waals surface area contributed by atoms with Crippen molar-refractivity contribution in [2.75, 3.05) is 26.7 Å². The second-order valence-electron chi connectivity index (χ2n) is 11.1. The number of carbonyl (C=O) groups excluding carboxylic acids is 2. The number of rotatable bonds is 3. The van der Waals surface area contributed by atoms with Crippen molar-refractivity contribution >= 4 is 23.1 Å². The molecule has 3 aromatic carbocycles. The molecule has 0 fully saturated rings. The maximum Gasteiger partial charge on any atom is 0.410 e. The first kappa shape index (κ1) is 32.0. The van der Waals surface area contributed by atoms with Gasteiger partial charge in [-0.1, -0.05) is 72.8 Å². The van der Waals surface area contributed by atoms with E-state index in [-0.39, 0.29) is 18.1 Å². The number of fused-ring (bicyclic) bond motifs is 3. The summed E-state index contributed by atoms with van der Waals surface area (Å²) in [5.41, 5.74) is 8.86. The molecule has 7 rings (SSSR count). The lowest BCUT2D eigenvalue weighted by Gasteiger charge is -2.28. The molecule has 0 radical (unpaired) electrons. The van der Waals surface area contributed by atoms with E-state index in [1.165, 1.54) is 39.8 Å². The van der Waals surface area contributed by atoms with Gasteiger partial charge in [-0.05, 0) is 76.9 Å². The Balaban J connectivity index is 0.000000147. The molecule has 0 aliphatic carbocycles. The van der Waals surface area contributed by atoms with Gasteiger partial charge in [-0.25, -0.2) is 9.78 Å². The molecular formula is C36H39ClN4O4. The van der Waals surface area contributed by atoms with Crippen molar-refractivity contribution in [2.45, 2.75) is 45.5 Å². The summed E-state index contributed by atoms with van der Waals surface area (Å²) in [6, 6.07) is 28.6. The van der Waals surface area contributed by atoms with E-state index in [4.69, 9.17) is 21.1 Å². The number of nitrogens with one attached hydrogen (secondary N) is 1. The summed E-state index contributed by atoms with van der Waals surface area (Å²) in [7, 11) is 1.57. The number of carbonyl (C=O) groups is 2. The Bertz CT molecular complexity index is 1550. The van der Waals surface area contributed by atoms with Crippen molar-refractivity contribution in [1.82, 2.24) is 20.1 Å². The van der Waals surface area contributed by atoms with Crippen LogP contribution in [0.25, 0.3) is 0 Å². The van der Waals surface area contributed by atoms with Crippen molar-refractivity contribution in [3.8, 4) is 5.88 Å². The summed E-state index contributed by atoms with van der Waals surface area (Å²) in [5, 5.41) is 2.99. The highest BCUT2D eigenvalue weighted by Crippen LogP contribution is 2.20. The lowest BCUT2D eigenvalue weighted by Crippen LogP contribution is -2.36. The smallest absolute Gasteiger partial charge is 0.410 e. The highest BCUT2D eigenvalue weighted by Gasteiger charge is 2.21. The molecule has 0 saturated heterocycles. The molecule has 3 aliphatic heterocycles. The zero-order valence-electron chi connectivity index (χ0n) is 25.6. The predicted molar refractivity (Wildman–Crippen MR) is 175 cm³/mol. The first-order chi connectivity index (χ1) is 22.0. The molecule has 4 aromatic rings. The number of hydrogen-bond acceptors (Lipinski definition) is 6. The van der Waals surface area contributed by atoms with Crippen LogP contribution >= 0.6 is 11.6 Å². The third-order valence-electron chi connectivity index (χ3n) is 8.14. The van der Waals surface area contributed by atoms with E-state index in [9.17, 15) is 9.59 Å². The van der Waals surface area contributed by atoms with Gasteiger partial charge in [-0.3, -0.25) is 4.79 Å². The number of nitrogens with zero attached hydrogens (tertiary/aromatic N) is 3. The van der Waals surface area contributed by atoms with Crippen molar-refractivity contribution < 1.29 is 19.1 Å². The van der Waals surface area contributed by atoms with Gasteiger partial charge >= 0.3 is 11.5 Å². The van der Waals surface area contributed by atoms with Crippen LogP contribution in [0.1, 0.15) is 38.9 Å². The molecule has 0 spiro atoms. The molecular weight excluding hydrogens is 588 g/mol. The van der Waals surface area contributed by atoms with Gasteiger partial charge in [0.1, 0.15) is 6.61 Å². The van der Waals surface area contributed by atoms with Crippen LogP contribution in [0.2, 0.25) is 0 Å². The number of benzene rings is 3. The Morgan fingerprint density at radius 3 is 1.87 bits per heavy atom. The number of aromatic nitrogens is 1. The van der Waals surface area contributed by atoms with E-state index in [2.05, 4.69) is 52.8 Å². The normalized spacial score (nSPS) is 14.6. The highest BCUT2D eigenvalue weighted by molar-refractivity contribution is 6.62. The third kappa shape index (κ3) is 9.06. The summed E-state index contributed by atoms with van der Waals surface area (Å²) in [6.45, 7) is 5.09. The standard InChI is InChI=1S/C17H18N2O3.C10H10ClNO.C9H11N/c1-21-16-7-6-13(10-18-16)12-22-17(20)19-9-8-14-4-2-3-5-15(14)11-19;11-10(13)12-6-5-8-3-1-2-4-9(8)7-12;1-2-4-9-7-10-6-5-8(9)3-1/h2-7,10H,8-9,11-12H2,1H3;1-4H,5-7H2;1-4,10H,5-7H2. The van der Waals surface area contributed by atoms with Gasteiger partial charge in [0, 0.05) is 50.6 Å². The number of methoxy groups -OCH3 is 1. The molecule has 8 nitrogen and oxygen atoms in total. The molecule has 0 bridgehead atoms. The Morgan fingerprint density at radius 2 is 1.31 bits per heavy atom. The monoisotopic (exact) mass is 626 g/mol. The van der Waals surface area contributed by atoms with Gasteiger partial charge in [0.2, 0.25) is 5.88 Å². The van der Waals surface area contributed by atoms with Gasteiger partial charge in [0.15, 0.2) is 0 Å². The molecule has 0 unspecified atom stereocenters. The molecule has 1 N–H and O–H groups in total. The fourth-order valence-electron chi connectivity index (χ4n) is 5.57. The fraction of sp³-hybridized carbons (Fsp3) is 0.306. The Morgan fingerprint density at radius 1 is 0.756 bits per heavy atom. The Hall–Kier alpha value is -4.40. The number of hydrogen-bond donors (Lipinski definition) is 1. The summed E-state index contributed by atoms with van der Waals surface area (Å²) >= 11 is 5.41. The van der Waals surface area contributed by atoms with Crippen molar-refractivity contribution in [2.24, 2.45) is 0 Å². The van der Waals surface area contributed by atoms with Crippen LogP contribution in [0.4, 0.5) is 9.59 Å². The van der Waals surface area contributed by atoms with Crippen molar-refractivity contribution in [1.29, 1.82) is 0 Å². The van der Waals surface area contributed by atoms with Crippen LogP contribution in [0.5, 0.6) is 5.88 Å². The first-order valence-electron chi connectivity index (χ1n) is 15.3. The second kappa shape index (κ2) is 16.1. The zero-order chi connectivity index (χ0) is 31.4. The minimum Gasteiger partial charge on any atom is -0.481 e. The van der Waals surface area contributed by atoms with E-state index >= 15 is 0 Å². The van der Waals surface area contributed by atoms with Crippen LogP contribution in [-0.4, -0.2) is 53.0 Å². The maximum absolute atomic E-state index is 12.2. The summed E-state index contributed by atoms with van der Waals surface area (Å²) in [4.78, 5) is 30.5. The molecule has 3 aliphatic rings. The molecule has 0 saturated carbocycles. The first-order valence-corrected chi connectivity index (χ1v) is 15.6. The van der Waals surface area contributed by atoms with E-state index in [0.29, 0.717) is 25.5 Å². The van der Waals surface area contributed by atoms with Gasteiger partial charge in [-0.15, -0.1) is 0 Å². The fourth-order valence-corrected chi connectivity index (χ4v) is 5.71. The average Bonchev–Trinajstić information content (AvgIpc) is 3.11. The average molecular weight is 627 g/mol. The van der Waals surface area contributed by atoms with Crippen LogP contribution in [0, 0.1) is 0 Å². The quantitative estimate of drug-likeness (QED) is 0.206. The van der Waals surface area contributed by atoms with Gasteiger partial charge in [0.05, 0.1) is 7.11 Å². The van der Waals surface area contributed by atoms with Crippen LogP contribution in [0.3, 0.4) is 0 Å². The van der Waals surface area contributed by atoms with Crippen LogP contribution in [-0.2, 0) is 50.2 Å². The van der Waals surface area contributed by atoms with Gasteiger partial charge < -0.3 is 24.6 Å². The van der Waals surface area contributed by atoms with Crippen molar-refractivity contribution in [3.63, 3.8) is 0 Å². The van der Waals surface area contributed by atoms with E-state index in [0.717, 1.165) is 38.0 Å². The third-order valence-corrected chi connectivity index (χ3v) is 8.38. The number of halogens is 1. The SMILES string of the molecule is COc1ccc(COC(=O)N2CCc3ccccc3C2)cn1.O=C(Cl)N1CCc2ccccc2C1.c1ccc2c(c1)CCNC2. The zero-order valence-corrected chi connectivity index (χ0v) is 26.3. The molecule has 234 valence electrons. The molecule has 1 aromatic heterocycles. The summed E-state index contributed by atoms with van der Waals surface area (Å²) in [6.07, 6.45) is 4.34. The number of pyridine rings is 1. The topological polar surface area (TPSA) is 84.0 Å². The van der Waals surface area contributed by atoms with Gasteiger partial charge in [0.25, 0.3) is 0 Å². The summed E-state index contributed by atoms with van der Waals surface area (Å²) in [5.74, 6) is 0.544. The Labute approximate surface area is 269 Å². The van der Waals surface area contributed by atoms with Gasteiger partial charge in [-0.2, -0.15) is 0 Å². The van der Waals surface area contributed by atoms with E-state index in [1.807, 2.05) is 36.4 Å². The number of ether oxygens (including phenoxy) is 2. The highest BCUT2D eigenvalue weighted by atomic mass is 35.5. The minimum absolute atomic E-state index is 0.216. The lowest BCUT2D eigenvalue weighted by atomic mass is 10.0.